The molecule has 0 bridgehead atoms. The van der Waals surface area contributed by atoms with Crippen molar-refractivity contribution < 1.29 is 14.5 Å². The van der Waals surface area contributed by atoms with Gasteiger partial charge in [-0.2, -0.15) is 4.89 Å². The predicted molar refractivity (Wildman–Crippen MR) is 46.0 cm³/mol. The van der Waals surface area contributed by atoms with E-state index in [1.807, 2.05) is 18.2 Å². The van der Waals surface area contributed by atoms with E-state index in [2.05, 4.69) is 6.07 Å². The summed E-state index contributed by atoms with van der Waals surface area (Å²) in [5, 5.41) is 0. The van der Waals surface area contributed by atoms with E-state index < -0.39 is 0 Å². The van der Waals surface area contributed by atoms with E-state index >= 15 is 0 Å². The Morgan fingerprint density at radius 1 is 1.46 bits per heavy atom. The molecule has 3 heteroatoms. The van der Waals surface area contributed by atoms with Crippen molar-refractivity contribution in [2.75, 3.05) is 6.61 Å². The van der Waals surface area contributed by atoms with Crippen LogP contribution in [0.4, 0.5) is 0 Å². The summed E-state index contributed by atoms with van der Waals surface area (Å²) in [5.41, 5.74) is 0. The van der Waals surface area contributed by atoms with Crippen LogP contribution in [0.1, 0.15) is 12.8 Å². The number of hydrogen-bond acceptors (Lipinski definition) is 3. The van der Waals surface area contributed by atoms with Gasteiger partial charge >= 0.3 is 0 Å². The van der Waals surface area contributed by atoms with Crippen molar-refractivity contribution in [1.29, 1.82) is 0 Å². The SMILES string of the molecule is [c]1ccccc1OC1CCCOO1. The second-order valence-electron chi connectivity index (χ2n) is 2.83. The first-order chi connectivity index (χ1) is 6.45. The zero-order valence-electron chi connectivity index (χ0n) is 7.23. The lowest BCUT2D eigenvalue weighted by Crippen LogP contribution is -2.25. The summed E-state index contributed by atoms with van der Waals surface area (Å²) in [4.78, 5) is 9.76. The lowest BCUT2D eigenvalue weighted by molar-refractivity contribution is -0.382. The van der Waals surface area contributed by atoms with E-state index in [0.717, 1.165) is 12.8 Å². The third-order valence-corrected chi connectivity index (χ3v) is 1.78. The summed E-state index contributed by atoms with van der Waals surface area (Å²) in [6.45, 7) is 0.651. The maximum Gasteiger partial charge on any atom is 0.231 e. The van der Waals surface area contributed by atoms with E-state index in [4.69, 9.17) is 14.5 Å². The summed E-state index contributed by atoms with van der Waals surface area (Å²) < 4.78 is 5.45. The van der Waals surface area contributed by atoms with E-state index in [-0.39, 0.29) is 6.29 Å². The van der Waals surface area contributed by atoms with Crippen molar-refractivity contribution in [3.63, 3.8) is 0 Å². The van der Waals surface area contributed by atoms with Gasteiger partial charge < -0.3 is 4.74 Å². The van der Waals surface area contributed by atoms with Gasteiger partial charge in [0.2, 0.25) is 6.29 Å². The minimum Gasteiger partial charge on any atom is -0.462 e. The van der Waals surface area contributed by atoms with Crippen LogP contribution in [0.5, 0.6) is 5.75 Å². The van der Waals surface area contributed by atoms with Crippen LogP contribution in [-0.2, 0) is 9.78 Å². The predicted octanol–water partition coefficient (Wildman–Crippen LogP) is 1.93. The molecule has 1 aliphatic rings. The van der Waals surface area contributed by atoms with Gasteiger partial charge in [-0.1, -0.05) is 18.2 Å². The topological polar surface area (TPSA) is 27.7 Å². The first kappa shape index (κ1) is 8.53. The van der Waals surface area contributed by atoms with E-state index in [9.17, 15) is 0 Å². The average Bonchev–Trinajstić information content (AvgIpc) is 2.21. The van der Waals surface area contributed by atoms with Crippen LogP contribution in [0.2, 0.25) is 0 Å². The highest BCUT2D eigenvalue weighted by Gasteiger charge is 2.16. The molecule has 1 aliphatic heterocycles. The molecule has 69 valence electrons. The summed E-state index contributed by atoms with van der Waals surface area (Å²) in [7, 11) is 0. The summed E-state index contributed by atoms with van der Waals surface area (Å²) in [6.07, 6.45) is 1.55. The Morgan fingerprint density at radius 2 is 2.46 bits per heavy atom. The molecule has 2 rings (SSSR count). The molecular weight excluding hydrogens is 168 g/mol. The Hall–Kier alpha value is -1.06. The van der Waals surface area contributed by atoms with Crippen molar-refractivity contribution in [3.8, 4) is 5.75 Å². The van der Waals surface area contributed by atoms with Crippen LogP contribution in [0.3, 0.4) is 0 Å². The lowest BCUT2D eigenvalue weighted by atomic mass is 10.3. The molecule has 1 aromatic rings. The summed E-state index contributed by atoms with van der Waals surface area (Å²) in [5.74, 6) is 0.693. The third-order valence-electron chi connectivity index (χ3n) is 1.78. The highest BCUT2D eigenvalue weighted by Crippen LogP contribution is 2.16. The van der Waals surface area contributed by atoms with E-state index in [1.165, 1.54) is 0 Å². The van der Waals surface area contributed by atoms with E-state index in [1.54, 1.807) is 6.07 Å². The molecule has 1 atom stereocenters. The van der Waals surface area contributed by atoms with Crippen LogP contribution < -0.4 is 4.74 Å². The van der Waals surface area contributed by atoms with Crippen molar-refractivity contribution in [2.24, 2.45) is 0 Å². The largest absolute Gasteiger partial charge is 0.462 e. The normalized spacial score (nSPS) is 22.6. The summed E-state index contributed by atoms with van der Waals surface area (Å²) in [6, 6.07) is 10.4. The highest BCUT2D eigenvalue weighted by molar-refractivity contribution is 5.19. The molecule has 0 amide bonds. The lowest BCUT2D eigenvalue weighted by Gasteiger charge is -2.21. The van der Waals surface area contributed by atoms with Gasteiger partial charge in [-0.25, -0.2) is 4.89 Å². The second-order valence-corrected chi connectivity index (χ2v) is 2.83. The summed E-state index contributed by atoms with van der Waals surface area (Å²) >= 11 is 0. The Bertz CT molecular complexity index is 242. The van der Waals surface area contributed by atoms with Gasteiger partial charge in [0.25, 0.3) is 0 Å². The van der Waals surface area contributed by atoms with Gasteiger partial charge in [-0.05, 0) is 12.5 Å². The molecule has 0 aromatic heterocycles. The van der Waals surface area contributed by atoms with E-state index in [0.29, 0.717) is 12.4 Å². The molecule has 1 radical (unpaired) electrons. The van der Waals surface area contributed by atoms with Gasteiger partial charge in [-0.15, -0.1) is 0 Å². The van der Waals surface area contributed by atoms with Crippen LogP contribution in [0.25, 0.3) is 0 Å². The molecule has 0 N–H and O–H groups in total. The standard InChI is InChI=1S/C10H11O3/c1-2-5-9(6-3-1)12-10-7-4-8-11-13-10/h1-3,5,10H,4,7-8H2. The van der Waals surface area contributed by atoms with Gasteiger partial charge in [0.15, 0.2) is 0 Å². The van der Waals surface area contributed by atoms with Crippen LogP contribution in [-0.4, -0.2) is 12.9 Å². The maximum atomic E-state index is 5.45. The number of benzene rings is 1. The fourth-order valence-corrected chi connectivity index (χ4v) is 1.15. The minimum atomic E-state index is -0.285. The van der Waals surface area contributed by atoms with Gasteiger partial charge in [0, 0.05) is 12.5 Å². The van der Waals surface area contributed by atoms with Gasteiger partial charge in [-0.3, -0.25) is 0 Å². The van der Waals surface area contributed by atoms with Crippen LogP contribution in [0, 0.1) is 6.07 Å². The molecule has 1 heterocycles. The second kappa shape index (κ2) is 4.25. The van der Waals surface area contributed by atoms with Crippen LogP contribution >= 0.6 is 0 Å². The fourth-order valence-electron chi connectivity index (χ4n) is 1.15. The van der Waals surface area contributed by atoms with Gasteiger partial charge in [0.1, 0.15) is 5.75 Å². The van der Waals surface area contributed by atoms with Gasteiger partial charge in [0.05, 0.1) is 6.61 Å². The highest BCUT2D eigenvalue weighted by atomic mass is 17.2. The molecule has 1 saturated heterocycles. The quantitative estimate of drug-likeness (QED) is 0.649. The Balaban J connectivity index is 1.90. The smallest absolute Gasteiger partial charge is 0.231 e. The number of ether oxygens (including phenoxy) is 1. The molecule has 1 aromatic carbocycles. The van der Waals surface area contributed by atoms with Crippen molar-refractivity contribution in [3.05, 3.63) is 30.3 Å². The Morgan fingerprint density at radius 3 is 3.15 bits per heavy atom. The number of para-hydroxylation sites is 1. The molecule has 1 unspecified atom stereocenters. The zero-order valence-corrected chi connectivity index (χ0v) is 7.23. The average molecular weight is 179 g/mol. The number of rotatable bonds is 2. The third kappa shape index (κ3) is 2.44. The van der Waals surface area contributed by atoms with Crippen molar-refractivity contribution in [2.45, 2.75) is 19.1 Å². The molecule has 3 nitrogen and oxygen atoms in total. The van der Waals surface area contributed by atoms with Crippen molar-refractivity contribution >= 4 is 0 Å². The molecule has 13 heavy (non-hydrogen) atoms. The molecule has 1 fully saturated rings. The number of hydrogen-bond donors (Lipinski definition) is 0. The monoisotopic (exact) mass is 179 g/mol. The first-order valence-corrected chi connectivity index (χ1v) is 4.37. The minimum absolute atomic E-state index is 0.285. The molecule has 0 aliphatic carbocycles. The fraction of sp³-hybridized carbons (Fsp3) is 0.400. The molecule has 0 spiro atoms. The maximum absolute atomic E-state index is 5.45. The Kier molecular flexibility index (Phi) is 2.79. The zero-order chi connectivity index (χ0) is 8.93. The Labute approximate surface area is 77.2 Å². The van der Waals surface area contributed by atoms with Crippen molar-refractivity contribution in [1.82, 2.24) is 0 Å². The van der Waals surface area contributed by atoms with Crippen LogP contribution in [0.15, 0.2) is 24.3 Å². The molecule has 0 saturated carbocycles. The molecular formula is C10H11O3. The first-order valence-electron chi connectivity index (χ1n) is 4.37.